The summed E-state index contributed by atoms with van der Waals surface area (Å²) in [4.78, 5) is 6.77. The van der Waals surface area contributed by atoms with Gasteiger partial charge in [-0.3, -0.25) is 0 Å². The molecule has 1 aromatic rings. The van der Waals surface area contributed by atoms with E-state index in [1.165, 1.54) is 5.56 Å². The highest BCUT2D eigenvalue weighted by molar-refractivity contribution is 9.10. The average Bonchev–Trinajstić information content (AvgIpc) is 2.29. The van der Waals surface area contributed by atoms with Crippen molar-refractivity contribution < 1.29 is 4.74 Å². The van der Waals surface area contributed by atoms with E-state index < -0.39 is 0 Å². The van der Waals surface area contributed by atoms with Crippen LogP contribution < -0.4 is 4.90 Å². The summed E-state index contributed by atoms with van der Waals surface area (Å²) in [6.07, 6.45) is 2.11. The Balaban J connectivity index is 2.16. The highest BCUT2D eigenvalue weighted by Gasteiger charge is 2.21. The smallest absolute Gasteiger partial charge is 0.131 e. The van der Waals surface area contributed by atoms with Crippen LogP contribution in [-0.4, -0.2) is 36.1 Å². The number of anilines is 1. The summed E-state index contributed by atoms with van der Waals surface area (Å²) in [5.41, 5.74) is 1.20. The molecule has 1 fully saturated rings. The molecule has 0 spiro atoms. The van der Waals surface area contributed by atoms with Gasteiger partial charge in [-0.2, -0.15) is 0 Å². The van der Waals surface area contributed by atoms with Gasteiger partial charge in [-0.15, -0.1) is 0 Å². The monoisotopic (exact) mass is 348 g/mol. The Kier molecular flexibility index (Phi) is 4.21. The second-order valence-electron chi connectivity index (χ2n) is 3.89. The lowest BCUT2D eigenvalue weighted by molar-refractivity contribution is 0.0567. The van der Waals surface area contributed by atoms with Crippen LogP contribution in [0.25, 0.3) is 0 Å². The van der Waals surface area contributed by atoms with Crippen molar-refractivity contribution in [3.05, 3.63) is 22.3 Å². The molecule has 1 aromatic heterocycles. The molecule has 0 saturated carbocycles. The molecule has 5 heteroatoms. The third kappa shape index (κ3) is 2.76. The van der Waals surface area contributed by atoms with E-state index in [0.29, 0.717) is 0 Å². The lowest BCUT2D eigenvalue weighted by Crippen LogP contribution is -2.43. The molecule has 1 aliphatic rings. The van der Waals surface area contributed by atoms with E-state index >= 15 is 0 Å². The van der Waals surface area contributed by atoms with Crippen molar-refractivity contribution in [2.24, 2.45) is 0 Å². The molecule has 0 bridgehead atoms. The minimum Gasteiger partial charge on any atom is -0.374 e. The number of rotatable bonds is 2. The number of halogens is 2. The van der Waals surface area contributed by atoms with Gasteiger partial charge in [0, 0.05) is 29.1 Å². The number of morpholine rings is 1. The minimum absolute atomic E-state index is 0.263. The van der Waals surface area contributed by atoms with Crippen molar-refractivity contribution in [1.82, 2.24) is 4.98 Å². The molecular weight excluding hydrogens is 336 g/mol. The number of hydrogen-bond acceptors (Lipinski definition) is 3. The number of hydrogen-bond donors (Lipinski definition) is 0. The maximum Gasteiger partial charge on any atom is 0.131 e. The quantitative estimate of drug-likeness (QED) is 0.767. The van der Waals surface area contributed by atoms with Crippen molar-refractivity contribution >= 4 is 37.7 Å². The molecule has 1 unspecified atom stereocenters. The fourth-order valence-electron chi connectivity index (χ4n) is 1.87. The maximum atomic E-state index is 5.62. The topological polar surface area (TPSA) is 25.4 Å². The standard InChI is InChI=1S/C11H14Br2N2O/c1-8-4-9(13)6-14-11(8)15-2-3-16-10(5-12)7-15/h4,6,10H,2-3,5,7H2,1H3. The van der Waals surface area contributed by atoms with E-state index in [-0.39, 0.29) is 6.10 Å². The fourth-order valence-corrected chi connectivity index (χ4v) is 2.71. The van der Waals surface area contributed by atoms with E-state index in [4.69, 9.17) is 4.74 Å². The van der Waals surface area contributed by atoms with Gasteiger partial charge in [-0.1, -0.05) is 15.9 Å². The Morgan fingerprint density at radius 3 is 3.12 bits per heavy atom. The number of nitrogens with zero attached hydrogens (tertiary/aromatic N) is 2. The first-order chi connectivity index (χ1) is 7.70. The molecule has 2 rings (SSSR count). The van der Waals surface area contributed by atoms with Crippen molar-refractivity contribution in [3.63, 3.8) is 0 Å². The first-order valence-corrected chi connectivity index (χ1v) is 7.17. The molecule has 88 valence electrons. The van der Waals surface area contributed by atoms with Crippen molar-refractivity contribution in [1.29, 1.82) is 0 Å². The van der Waals surface area contributed by atoms with E-state index in [2.05, 4.69) is 54.7 Å². The lowest BCUT2D eigenvalue weighted by atomic mass is 10.2. The van der Waals surface area contributed by atoms with Gasteiger partial charge in [0.1, 0.15) is 5.82 Å². The Morgan fingerprint density at radius 2 is 2.44 bits per heavy atom. The Labute approximate surface area is 112 Å². The molecule has 1 saturated heterocycles. The molecule has 2 heterocycles. The van der Waals surface area contributed by atoms with Crippen LogP contribution in [0, 0.1) is 6.92 Å². The molecule has 0 amide bonds. The van der Waals surface area contributed by atoms with Gasteiger partial charge in [0.05, 0.1) is 12.7 Å². The summed E-state index contributed by atoms with van der Waals surface area (Å²) in [7, 11) is 0. The minimum atomic E-state index is 0.263. The molecule has 0 N–H and O–H groups in total. The van der Waals surface area contributed by atoms with Gasteiger partial charge < -0.3 is 9.64 Å². The fraction of sp³-hybridized carbons (Fsp3) is 0.545. The number of ether oxygens (including phenoxy) is 1. The van der Waals surface area contributed by atoms with E-state index in [1.807, 2.05) is 6.20 Å². The second kappa shape index (κ2) is 5.47. The number of alkyl halides is 1. The molecule has 3 nitrogen and oxygen atoms in total. The Hall–Kier alpha value is -0.130. The predicted molar refractivity (Wildman–Crippen MR) is 72.4 cm³/mol. The van der Waals surface area contributed by atoms with Gasteiger partial charge in [0.25, 0.3) is 0 Å². The number of aromatic nitrogens is 1. The summed E-state index contributed by atoms with van der Waals surface area (Å²) in [6, 6.07) is 2.10. The molecule has 1 aliphatic heterocycles. The number of pyridine rings is 1. The highest BCUT2D eigenvalue weighted by atomic mass is 79.9. The van der Waals surface area contributed by atoms with Crippen LogP contribution in [0.1, 0.15) is 5.56 Å². The average molecular weight is 350 g/mol. The van der Waals surface area contributed by atoms with Crippen LogP contribution in [0.3, 0.4) is 0 Å². The zero-order valence-corrected chi connectivity index (χ0v) is 12.3. The van der Waals surface area contributed by atoms with Crippen LogP contribution in [0.2, 0.25) is 0 Å². The van der Waals surface area contributed by atoms with Gasteiger partial charge in [-0.25, -0.2) is 4.98 Å². The Morgan fingerprint density at radius 1 is 1.62 bits per heavy atom. The summed E-state index contributed by atoms with van der Waals surface area (Å²) in [6.45, 7) is 4.68. The molecular formula is C11H14Br2N2O. The van der Waals surface area contributed by atoms with Crippen LogP contribution in [0.5, 0.6) is 0 Å². The van der Waals surface area contributed by atoms with E-state index in [0.717, 1.165) is 35.3 Å². The van der Waals surface area contributed by atoms with Gasteiger partial charge in [0.2, 0.25) is 0 Å². The maximum absolute atomic E-state index is 5.62. The van der Waals surface area contributed by atoms with Crippen molar-refractivity contribution in [2.45, 2.75) is 13.0 Å². The number of aryl methyl sites for hydroxylation is 1. The van der Waals surface area contributed by atoms with Crippen molar-refractivity contribution in [3.8, 4) is 0 Å². The summed E-state index contributed by atoms with van der Waals surface area (Å²) < 4.78 is 6.64. The van der Waals surface area contributed by atoms with Crippen LogP contribution in [0.15, 0.2) is 16.7 Å². The predicted octanol–water partition coefficient (Wildman–Crippen LogP) is 2.75. The summed E-state index contributed by atoms with van der Waals surface area (Å²) >= 11 is 6.89. The van der Waals surface area contributed by atoms with E-state index in [9.17, 15) is 0 Å². The first-order valence-electron chi connectivity index (χ1n) is 5.25. The molecule has 1 atom stereocenters. The van der Waals surface area contributed by atoms with Crippen LogP contribution >= 0.6 is 31.9 Å². The zero-order chi connectivity index (χ0) is 11.5. The third-order valence-electron chi connectivity index (χ3n) is 2.63. The second-order valence-corrected chi connectivity index (χ2v) is 5.45. The molecule has 16 heavy (non-hydrogen) atoms. The molecule has 0 aromatic carbocycles. The van der Waals surface area contributed by atoms with Gasteiger partial charge in [0.15, 0.2) is 0 Å². The largest absolute Gasteiger partial charge is 0.374 e. The third-order valence-corrected chi connectivity index (χ3v) is 3.78. The van der Waals surface area contributed by atoms with Crippen molar-refractivity contribution in [2.75, 3.05) is 29.9 Å². The van der Waals surface area contributed by atoms with Gasteiger partial charge in [-0.05, 0) is 34.5 Å². The van der Waals surface area contributed by atoms with E-state index in [1.54, 1.807) is 0 Å². The first kappa shape index (κ1) is 12.3. The zero-order valence-electron chi connectivity index (χ0n) is 9.12. The Bertz CT molecular complexity index is 373. The highest BCUT2D eigenvalue weighted by Crippen LogP contribution is 2.22. The normalized spacial score (nSPS) is 21.2. The SMILES string of the molecule is Cc1cc(Br)cnc1N1CCOC(CBr)C1. The summed E-state index contributed by atoms with van der Waals surface area (Å²) in [5.74, 6) is 1.07. The summed E-state index contributed by atoms with van der Waals surface area (Å²) in [5, 5.41) is 0.874. The van der Waals surface area contributed by atoms with Crippen LogP contribution in [-0.2, 0) is 4.74 Å². The lowest BCUT2D eigenvalue weighted by Gasteiger charge is -2.33. The van der Waals surface area contributed by atoms with Gasteiger partial charge >= 0.3 is 0 Å². The molecule has 0 radical (unpaired) electrons. The molecule has 0 aliphatic carbocycles. The van der Waals surface area contributed by atoms with Crippen LogP contribution in [0.4, 0.5) is 5.82 Å².